The van der Waals surface area contributed by atoms with Crippen LogP contribution in [0, 0.1) is 17.1 Å². The number of carbonyl (C=O) groups excluding carboxylic acids is 4. The summed E-state index contributed by atoms with van der Waals surface area (Å²) in [6, 6.07) is 11.1. The minimum Gasteiger partial charge on any atom is -0.492 e. The van der Waals surface area contributed by atoms with Crippen molar-refractivity contribution in [2.24, 2.45) is 0 Å². The summed E-state index contributed by atoms with van der Waals surface area (Å²) in [5.74, 6) is -1.67. The van der Waals surface area contributed by atoms with E-state index in [4.69, 9.17) is 4.74 Å². The van der Waals surface area contributed by atoms with Gasteiger partial charge in [0, 0.05) is 50.0 Å². The maximum absolute atomic E-state index is 14.7. The fraction of sp³-hybridized carbons (Fsp3) is 0.450. The Hall–Kier alpha value is -5.45. The third-order valence-electron chi connectivity index (χ3n) is 10.8. The summed E-state index contributed by atoms with van der Waals surface area (Å²) >= 11 is 4.68. The predicted octanol–water partition coefficient (Wildman–Crippen LogP) is 4.76. The van der Waals surface area contributed by atoms with E-state index in [1.807, 2.05) is 24.8 Å². The molecule has 4 amide bonds. The van der Waals surface area contributed by atoms with Gasteiger partial charge in [-0.25, -0.2) is 9.37 Å². The van der Waals surface area contributed by atoms with E-state index in [-0.39, 0.29) is 42.2 Å². The highest BCUT2D eigenvalue weighted by Crippen LogP contribution is 2.43. The highest BCUT2D eigenvalue weighted by atomic mass is 32.1. The van der Waals surface area contributed by atoms with Crippen LogP contribution in [-0.4, -0.2) is 101 Å². The molecule has 0 spiro atoms. The quantitative estimate of drug-likeness (QED) is 0.113. The SMILES string of the molecule is CCc1cc(N2[C@@H](S)N(c3cnc(C#N)c(C(F)(F)F)c3)C(=O)C2(C)C)ccc1OCCN1CCN(CC(=O)Nc2cc(NC3CCC(=O)NC3=O)ccc2F)[C@H](C)C1. The molecule has 0 aliphatic carbocycles. The maximum Gasteiger partial charge on any atom is 0.419 e. The highest BCUT2D eigenvalue weighted by molar-refractivity contribution is 7.81. The number of hydrogen-bond donors (Lipinski definition) is 4. The average Bonchev–Trinajstić information content (AvgIpc) is 3.36. The summed E-state index contributed by atoms with van der Waals surface area (Å²) in [5.41, 5.74) is -2.49. The molecule has 0 bridgehead atoms. The third kappa shape index (κ3) is 9.40. The standard InChI is InChI=1S/C40H45F4N9O5S/c1-5-24-16-26(53-38(59)52(37(57)39(53,3)4)27-18-28(40(42,43)44)32(19-45)46-20-27)7-10-33(24)58-15-14-50-12-13-51(23(2)21-50)22-35(55)48-31-17-25(6-8-29(31)41)47-30-9-11-34(54)49-36(30)56/h6-8,10,16-18,20,23,30,38,47,59H,5,9,11-15,21-22H2,1-4H3,(H,48,55)(H,49,54,56)/t23-,30?,38+/m1/s1. The van der Waals surface area contributed by atoms with Crippen molar-refractivity contribution in [2.45, 2.75) is 76.3 Å². The minimum absolute atomic E-state index is 0.00532. The molecule has 3 atom stereocenters. The Morgan fingerprint density at radius 3 is 2.56 bits per heavy atom. The normalized spacial score (nSPS) is 21.3. The van der Waals surface area contributed by atoms with Crippen molar-refractivity contribution in [1.82, 2.24) is 20.1 Å². The first-order chi connectivity index (χ1) is 27.9. The van der Waals surface area contributed by atoms with E-state index in [0.717, 1.165) is 22.7 Å². The Kier molecular flexibility index (Phi) is 12.7. The van der Waals surface area contributed by atoms with Gasteiger partial charge >= 0.3 is 6.18 Å². The minimum atomic E-state index is -4.85. The number of nitriles is 1. The molecule has 0 radical (unpaired) electrons. The Morgan fingerprint density at radius 2 is 1.88 bits per heavy atom. The molecule has 3 saturated heterocycles. The molecule has 3 N–H and O–H groups in total. The topological polar surface area (TPSA) is 163 Å². The monoisotopic (exact) mass is 839 g/mol. The Balaban J connectivity index is 1.02. The van der Waals surface area contributed by atoms with Crippen molar-refractivity contribution in [3.05, 3.63) is 71.3 Å². The Labute approximate surface area is 344 Å². The maximum atomic E-state index is 14.7. The number of amides is 4. The molecule has 1 unspecified atom stereocenters. The van der Waals surface area contributed by atoms with Gasteiger partial charge in [-0.15, -0.1) is 12.6 Å². The lowest BCUT2D eigenvalue weighted by Crippen LogP contribution is -2.54. The van der Waals surface area contributed by atoms with Gasteiger partial charge in [-0.2, -0.15) is 18.4 Å². The summed E-state index contributed by atoms with van der Waals surface area (Å²) in [7, 11) is 0. The molecule has 1 aromatic heterocycles. The first-order valence-corrected chi connectivity index (χ1v) is 19.6. The molecule has 3 aliphatic rings. The van der Waals surface area contributed by atoms with Gasteiger partial charge in [-0.05, 0) is 81.6 Å². The Morgan fingerprint density at radius 1 is 1.12 bits per heavy atom. The van der Waals surface area contributed by atoms with Crippen LogP contribution in [-0.2, 0) is 31.8 Å². The number of ether oxygens (including phenoxy) is 1. The zero-order valence-corrected chi connectivity index (χ0v) is 33.8. The lowest BCUT2D eigenvalue weighted by atomic mass is 10.0. The summed E-state index contributed by atoms with van der Waals surface area (Å²) in [4.78, 5) is 61.1. The summed E-state index contributed by atoms with van der Waals surface area (Å²) in [5, 5.41) is 17.1. The van der Waals surface area contributed by atoms with E-state index in [9.17, 15) is 42.0 Å². The van der Waals surface area contributed by atoms with Gasteiger partial charge in [-0.1, -0.05) is 6.92 Å². The number of carbonyl (C=O) groups is 4. The van der Waals surface area contributed by atoms with Crippen LogP contribution >= 0.6 is 12.6 Å². The number of piperidine rings is 1. The van der Waals surface area contributed by atoms with Gasteiger partial charge < -0.3 is 20.3 Å². The van der Waals surface area contributed by atoms with E-state index in [1.165, 1.54) is 24.3 Å². The number of anilines is 4. The first-order valence-electron chi connectivity index (χ1n) is 19.1. The van der Waals surface area contributed by atoms with E-state index in [2.05, 4.69) is 38.5 Å². The number of benzene rings is 2. The number of pyridine rings is 1. The zero-order valence-electron chi connectivity index (χ0n) is 32.9. The number of piperazine rings is 1. The zero-order chi connectivity index (χ0) is 42.8. The van der Waals surface area contributed by atoms with Gasteiger partial charge in [0.05, 0.1) is 29.7 Å². The second kappa shape index (κ2) is 17.4. The van der Waals surface area contributed by atoms with Crippen LogP contribution in [0.2, 0.25) is 0 Å². The van der Waals surface area contributed by atoms with Crippen molar-refractivity contribution >= 4 is 59.0 Å². The van der Waals surface area contributed by atoms with Crippen molar-refractivity contribution in [3.8, 4) is 11.8 Å². The molecule has 3 aromatic rings. The number of thiol groups is 1. The fourth-order valence-electron chi connectivity index (χ4n) is 7.55. The molecule has 0 saturated carbocycles. The van der Waals surface area contributed by atoms with Crippen LogP contribution in [0.5, 0.6) is 5.75 Å². The molecule has 3 fully saturated rings. The molecular weight excluding hydrogens is 795 g/mol. The summed E-state index contributed by atoms with van der Waals surface area (Å²) < 4.78 is 62.1. The summed E-state index contributed by atoms with van der Waals surface area (Å²) in [6.45, 7) is 10.2. The molecule has 3 aliphatic heterocycles. The number of imide groups is 1. The fourth-order valence-corrected chi connectivity index (χ4v) is 8.21. The van der Waals surface area contributed by atoms with Crippen LogP contribution < -0.4 is 30.5 Å². The molecule has 59 heavy (non-hydrogen) atoms. The van der Waals surface area contributed by atoms with Gasteiger partial charge in [0.1, 0.15) is 35.8 Å². The highest BCUT2D eigenvalue weighted by Gasteiger charge is 2.52. The van der Waals surface area contributed by atoms with E-state index < -0.39 is 52.1 Å². The molecule has 19 heteroatoms. The number of halogens is 4. The van der Waals surface area contributed by atoms with E-state index >= 15 is 0 Å². The summed E-state index contributed by atoms with van der Waals surface area (Å²) in [6.07, 6.45) is -2.71. The molecule has 2 aromatic carbocycles. The van der Waals surface area contributed by atoms with E-state index in [1.54, 1.807) is 30.9 Å². The van der Waals surface area contributed by atoms with Gasteiger partial charge in [0.15, 0.2) is 11.2 Å². The number of rotatable bonds is 12. The molecule has 6 rings (SSSR count). The Bertz CT molecular complexity index is 2170. The van der Waals surface area contributed by atoms with Crippen LogP contribution in [0.3, 0.4) is 0 Å². The second-order valence-electron chi connectivity index (χ2n) is 15.2. The van der Waals surface area contributed by atoms with Crippen molar-refractivity contribution in [3.63, 3.8) is 0 Å². The number of nitrogens with zero attached hydrogens (tertiary/aromatic N) is 6. The second-order valence-corrected chi connectivity index (χ2v) is 15.6. The van der Waals surface area contributed by atoms with Gasteiger partial charge in [0.2, 0.25) is 17.7 Å². The van der Waals surface area contributed by atoms with Crippen molar-refractivity contribution in [1.29, 1.82) is 5.26 Å². The van der Waals surface area contributed by atoms with Crippen LogP contribution in [0.25, 0.3) is 0 Å². The van der Waals surface area contributed by atoms with Crippen molar-refractivity contribution < 1.29 is 41.5 Å². The van der Waals surface area contributed by atoms with Crippen LogP contribution in [0.1, 0.15) is 57.4 Å². The lowest BCUT2D eigenvalue weighted by molar-refractivity contribution is -0.138. The number of alkyl halides is 3. The smallest absolute Gasteiger partial charge is 0.419 e. The lowest BCUT2D eigenvalue weighted by Gasteiger charge is -2.39. The van der Waals surface area contributed by atoms with Crippen molar-refractivity contribution in [2.75, 3.05) is 59.8 Å². The molecule has 314 valence electrons. The number of hydrogen-bond acceptors (Lipinski definition) is 12. The number of aryl methyl sites for hydroxylation is 1. The molecule has 14 nitrogen and oxygen atoms in total. The van der Waals surface area contributed by atoms with Gasteiger partial charge in [0.25, 0.3) is 5.91 Å². The molecule has 4 heterocycles. The van der Waals surface area contributed by atoms with Crippen LogP contribution in [0.4, 0.5) is 40.3 Å². The average molecular weight is 840 g/mol. The predicted molar refractivity (Wildman–Crippen MR) is 214 cm³/mol. The van der Waals surface area contributed by atoms with E-state index in [0.29, 0.717) is 62.8 Å². The largest absolute Gasteiger partial charge is 0.492 e. The first kappa shape index (κ1) is 43.1. The van der Waals surface area contributed by atoms with Gasteiger partial charge in [-0.3, -0.25) is 39.2 Å². The third-order valence-corrected chi connectivity index (χ3v) is 11.2. The molecular formula is C40H45F4N9O5S. The number of nitrogens with one attached hydrogen (secondary N) is 3. The number of aromatic nitrogens is 1. The van der Waals surface area contributed by atoms with Crippen LogP contribution in [0.15, 0.2) is 48.7 Å².